The number of nitrogens with zero attached hydrogens (tertiary/aromatic N) is 5. The summed E-state index contributed by atoms with van der Waals surface area (Å²) >= 11 is 0. The normalized spacial score (nSPS) is 14.3. The van der Waals surface area contributed by atoms with Crippen LogP contribution in [0.25, 0.3) is 22.3 Å². The van der Waals surface area contributed by atoms with Crippen molar-refractivity contribution in [2.24, 2.45) is 0 Å². The molecule has 0 saturated carbocycles. The molecule has 136 valence electrons. The van der Waals surface area contributed by atoms with Gasteiger partial charge in [-0.1, -0.05) is 0 Å². The average molecular weight is 367 g/mol. The Bertz CT molecular complexity index is 1060. The number of aromatic nitrogens is 3. The maximum Gasteiger partial charge on any atom is 0.369 e. The lowest BCUT2D eigenvalue weighted by Gasteiger charge is -2.28. The number of benzene rings is 1. The maximum absolute atomic E-state index is 14.6. The summed E-state index contributed by atoms with van der Waals surface area (Å²) in [6.07, 6.45) is 2.92. The third-order valence-corrected chi connectivity index (χ3v) is 4.52. The number of nitriles is 1. The van der Waals surface area contributed by atoms with Gasteiger partial charge in [-0.15, -0.1) is 4.73 Å². The molecule has 3 aromatic rings. The van der Waals surface area contributed by atoms with E-state index in [9.17, 15) is 20.1 Å². The molecule has 0 spiro atoms. The molecule has 1 aliphatic rings. The van der Waals surface area contributed by atoms with Gasteiger partial charge < -0.3 is 20.1 Å². The van der Waals surface area contributed by atoms with Gasteiger partial charge in [-0.2, -0.15) is 9.99 Å². The summed E-state index contributed by atoms with van der Waals surface area (Å²) in [5, 5.41) is 35.1. The smallest absolute Gasteiger partial charge is 0.369 e. The Hall–Kier alpha value is -3.51. The first-order chi connectivity index (χ1) is 13.1. The summed E-state index contributed by atoms with van der Waals surface area (Å²) in [5.74, 6) is -0.630. The van der Waals surface area contributed by atoms with E-state index in [1.807, 2.05) is 0 Å². The second-order valence-corrected chi connectivity index (χ2v) is 6.03. The number of pyridine rings is 1. The molecule has 0 bridgehead atoms. The number of anilines is 1. The minimum Gasteiger partial charge on any atom is -0.617 e. The van der Waals surface area contributed by atoms with Crippen LogP contribution in [0.15, 0.2) is 36.7 Å². The minimum absolute atomic E-state index is 0.0151. The van der Waals surface area contributed by atoms with Crippen LogP contribution in [0.3, 0.4) is 0 Å². The third kappa shape index (κ3) is 2.76. The van der Waals surface area contributed by atoms with Gasteiger partial charge in [0.15, 0.2) is 11.9 Å². The zero-order chi connectivity index (χ0) is 19.0. The molecule has 0 amide bonds. The van der Waals surface area contributed by atoms with Crippen LogP contribution in [0.2, 0.25) is 0 Å². The summed E-state index contributed by atoms with van der Waals surface area (Å²) in [7, 11) is 0. The van der Waals surface area contributed by atoms with Gasteiger partial charge in [0.1, 0.15) is 0 Å². The fourth-order valence-electron chi connectivity index (χ4n) is 3.21. The summed E-state index contributed by atoms with van der Waals surface area (Å²) in [5.41, 5.74) is -0.113. The Morgan fingerprint density at radius 3 is 2.44 bits per heavy atom. The highest BCUT2D eigenvalue weighted by molar-refractivity contribution is 5.76. The monoisotopic (exact) mass is 367 g/mol. The molecule has 1 aliphatic heterocycles. The Morgan fingerprint density at radius 1 is 1.11 bits per heavy atom. The van der Waals surface area contributed by atoms with Crippen molar-refractivity contribution < 1.29 is 18.6 Å². The molecule has 0 N–H and O–H groups in total. The lowest BCUT2D eigenvalue weighted by Crippen LogP contribution is -2.44. The van der Waals surface area contributed by atoms with Crippen molar-refractivity contribution in [3.8, 4) is 17.3 Å². The van der Waals surface area contributed by atoms with Gasteiger partial charge >= 0.3 is 11.4 Å². The molecule has 4 rings (SSSR count). The van der Waals surface area contributed by atoms with Crippen molar-refractivity contribution in [1.82, 2.24) is 4.98 Å². The lowest BCUT2D eigenvalue weighted by molar-refractivity contribution is -0.622. The molecule has 1 saturated heterocycles. The van der Waals surface area contributed by atoms with Gasteiger partial charge in [0, 0.05) is 31.5 Å². The maximum atomic E-state index is 14.6. The number of morpholine rings is 1. The predicted octanol–water partition coefficient (Wildman–Crippen LogP) is 1.02. The number of halogens is 1. The fraction of sp³-hybridized carbons (Fsp3) is 0.222. The van der Waals surface area contributed by atoms with Gasteiger partial charge in [0.2, 0.25) is 0 Å². The highest BCUT2D eigenvalue weighted by Crippen LogP contribution is 2.26. The second-order valence-electron chi connectivity index (χ2n) is 6.03. The molecule has 2 aromatic heterocycles. The van der Waals surface area contributed by atoms with Gasteiger partial charge in [0.05, 0.1) is 30.5 Å². The van der Waals surface area contributed by atoms with Gasteiger partial charge in [-0.25, -0.2) is 4.39 Å². The van der Waals surface area contributed by atoms with Crippen LogP contribution in [0.1, 0.15) is 5.69 Å². The molecule has 27 heavy (non-hydrogen) atoms. The molecule has 9 heteroatoms. The van der Waals surface area contributed by atoms with Crippen LogP contribution in [0, 0.1) is 27.6 Å². The van der Waals surface area contributed by atoms with E-state index >= 15 is 0 Å². The van der Waals surface area contributed by atoms with E-state index < -0.39 is 11.5 Å². The van der Waals surface area contributed by atoms with Gasteiger partial charge in [-0.3, -0.25) is 4.98 Å². The van der Waals surface area contributed by atoms with Crippen molar-refractivity contribution in [3.63, 3.8) is 0 Å². The first-order valence-corrected chi connectivity index (χ1v) is 8.27. The van der Waals surface area contributed by atoms with Crippen LogP contribution in [0.4, 0.5) is 10.1 Å². The molecular weight excluding hydrogens is 353 g/mol. The number of ether oxygens (including phenoxy) is 1. The second kappa shape index (κ2) is 6.66. The van der Waals surface area contributed by atoms with E-state index in [-0.39, 0.29) is 22.4 Å². The summed E-state index contributed by atoms with van der Waals surface area (Å²) in [4.78, 5) is 5.64. The zero-order valence-corrected chi connectivity index (χ0v) is 14.1. The van der Waals surface area contributed by atoms with E-state index in [1.54, 1.807) is 11.0 Å². The summed E-state index contributed by atoms with van der Waals surface area (Å²) in [6, 6.07) is 7.16. The fourth-order valence-corrected chi connectivity index (χ4v) is 3.21. The van der Waals surface area contributed by atoms with Crippen LogP contribution >= 0.6 is 0 Å². The Balaban J connectivity index is 2.01. The van der Waals surface area contributed by atoms with E-state index in [2.05, 4.69) is 4.98 Å². The van der Waals surface area contributed by atoms with Crippen LogP contribution < -0.4 is 14.4 Å². The molecule has 0 aliphatic carbocycles. The summed E-state index contributed by atoms with van der Waals surface area (Å²) < 4.78 is 20.7. The van der Waals surface area contributed by atoms with Crippen molar-refractivity contribution in [2.75, 3.05) is 31.2 Å². The lowest BCUT2D eigenvalue weighted by atomic mass is 10.1. The number of fused-ring (bicyclic) bond motifs is 1. The molecule has 1 aromatic carbocycles. The van der Waals surface area contributed by atoms with Crippen molar-refractivity contribution >= 4 is 16.7 Å². The SMILES string of the molecule is N#Cc1c(-c2ccncc2)[n+]([O-])c2cc(N3CCOCC3)c(F)cc2[n+]1[O-]. The molecular formula is C18H14FN5O3. The largest absolute Gasteiger partial charge is 0.617 e. The molecule has 8 nitrogen and oxygen atoms in total. The van der Waals surface area contributed by atoms with Crippen molar-refractivity contribution in [2.45, 2.75) is 0 Å². The van der Waals surface area contributed by atoms with Crippen LogP contribution in [-0.4, -0.2) is 31.3 Å². The van der Waals surface area contributed by atoms with E-state index in [1.165, 1.54) is 30.6 Å². The quantitative estimate of drug-likeness (QED) is 0.495. The van der Waals surface area contributed by atoms with Gasteiger partial charge in [-0.05, 0) is 12.1 Å². The molecule has 0 atom stereocenters. The topological polar surface area (TPSA) is 103 Å². The highest BCUT2D eigenvalue weighted by atomic mass is 19.1. The van der Waals surface area contributed by atoms with Crippen LogP contribution in [-0.2, 0) is 4.74 Å². The number of hydrogen-bond donors (Lipinski definition) is 0. The molecule has 0 radical (unpaired) electrons. The third-order valence-electron chi connectivity index (χ3n) is 4.52. The first-order valence-electron chi connectivity index (χ1n) is 8.27. The Morgan fingerprint density at radius 2 is 1.78 bits per heavy atom. The summed E-state index contributed by atoms with van der Waals surface area (Å²) in [6.45, 7) is 1.86. The zero-order valence-electron chi connectivity index (χ0n) is 14.1. The standard InChI is InChI=1S/C18H14FN5O3/c19-13-9-15-16(10-14(13)22-5-7-27-8-6-22)24(26)18(17(11-20)23(15)25)12-1-3-21-4-2-12/h1-4,9-10H,5-8H2. The van der Waals surface area contributed by atoms with Crippen molar-refractivity contribution in [1.29, 1.82) is 5.26 Å². The Kier molecular flexibility index (Phi) is 4.18. The number of rotatable bonds is 2. The van der Waals surface area contributed by atoms with E-state index in [0.29, 0.717) is 41.3 Å². The van der Waals surface area contributed by atoms with Crippen LogP contribution in [0.5, 0.6) is 0 Å². The molecule has 0 unspecified atom stereocenters. The highest BCUT2D eigenvalue weighted by Gasteiger charge is 2.31. The van der Waals surface area contributed by atoms with E-state index in [4.69, 9.17) is 4.74 Å². The molecule has 3 heterocycles. The number of hydrogen-bond acceptors (Lipinski definition) is 6. The minimum atomic E-state index is -0.630. The van der Waals surface area contributed by atoms with Gasteiger partial charge in [0.25, 0.3) is 11.0 Å². The van der Waals surface area contributed by atoms with E-state index in [0.717, 1.165) is 6.07 Å². The van der Waals surface area contributed by atoms with Crippen molar-refractivity contribution in [3.05, 3.63) is 58.6 Å². The predicted molar refractivity (Wildman–Crippen MR) is 92.8 cm³/mol. The molecule has 1 fully saturated rings. The average Bonchev–Trinajstić information content (AvgIpc) is 2.71. The first kappa shape index (κ1) is 16.9. The Labute approximate surface area is 153 Å².